The molecule has 0 radical (unpaired) electrons. The third kappa shape index (κ3) is 6.38. The van der Waals surface area contributed by atoms with Gasteiger partial charge in [-0.05, 0) is 80.7 Å². The van der Waals surface area contributed by atoms with E-state index >= 15 is 0 Å². The van der Waals surface area contributed by atoms with Crippen LogP contribution in [0.2, 0.25) is 0 Å². The second-order valence-electron chi connectivity index (χ2n) is 9.58. The number of anilines is 2. The molecule has 0 bridgehead atoms. The largest absolute Gasteiger partial charge is 0.491 e. The zero-order valence-corrected chi connectivity index (χ0v) is 22.7. The Kier molecular flexibility index (Phi) is 7.79. The Morgan fingerprint density at radius 1 is 0.923 bits per heavy atom. The number of rotatable bonds is 6. The third-order valence-electron chi connectivity index (χ3n) is 6.39. The van der Waals surface area contributed by atoms with Crippen molar-refractivity contribution >= 4 is 51.5 Å². The van der Waals surface area contributed by atoms with Crippen LogP contribution >= 0.6 is 12.2 Å². The van der Waals surface area contributed by atoms with Crippen LogP contribution in [0.5, 0.6) is 5.75 Å². The van der Waals surface area contributed by atoms with Gasteiger partial charge >= 0.3 is 0 Å². The van der Waals surface area contributed by atoms with Crippen LogP contribution in [-0.4, -0.2) is 54.1 Å². The Bertz CT molecular complexity index is 1460. The lowest BCUT2D eigenvalue weighted by Gasteiger charge is -2.35. The molecule has 1 fully saturated rings. The zero-order valence-electron chi connectivity index (χ0n) is 21.8. The molecule has 2 heterocycles. The number of hydrogen-bond donors (Lipinski definition) is 2. The van der Waals surface area contributed by atoms with Gasteiger partial charge in [-0.3, -0.25) is 14.9 Å². The van der Waals surface area contributed by atoms with Gasteiger partial charge in [0.25, 0.3) is 11.8 Å². The Hall–Kier alpha value is -4.37. The first-order chi connectivity index (χ1) is 18.9. The average Bonchev–Trinajstić information content (AvgIpc) is 3.37. The van der Waals surface area contributed by atoms with Crippen LogP contribution in [0.25, 0.3) is 11.0 Å². The summed E-state index contributed by atoms with van der Waals surface area (Å²) in [4.78, 5) is 29.6. The van der Waals surface area contributed by atoms with Crippen LogP contribution in [0.15, 0.2) is 83.3 Å². The number of furan rings is 1. The molecule has 0 saturated carbocycles. The van der Waals surface area contributed by atoms with Crippen molar-refractivity contribution in [1.82, 2.24) is 10.2 Å². The van der Waals surface area contributed by atoms with E-state index in [9.17, 15) is 9.59 Å². The number of ether oxygens (including phenoxy) is 1. The minimum absolute atomic E-state index is 0.0167. The van der Waals surface area contributed by atoms with Crippen molar-refractivity contribution in [2.45, 2.75) is 20.0 Å². The maximum atomic E-state index is 12.9. The van der Waals surface area contributed by atoms with Crippen molar-refractivity contribution in [3.63, 3.8) is 0 Å². The summed E-state index contributed by atoms with van der Waals surface area (Å²) >= 11 is 5.34. The van der Waals surface area contributed by atoms with Crippen molar-refractivity contribution in [3.8, 4) is 5.75 Å². The van der Waals surface area contributed by atoms with Gasteiger partial charge < -0.3 is 24.3 Å². The molecule has 2 amide bonds. The van der Waals surface area contributed by atoms with E-state index < -0.39 is 0 Å². The number of amides is 2. The molecule has 0 aliphatic carbocycles. The predicted octanol–water partition coefficient (Wildman–Crippen LogP) is 5.31. The normalized spacial score (nSPS) is 13.4. The van der Waals surface area contributed by atoms with Gasteiger partial charge in [-0.1, -0.05) is 24.3 Å². The summed E-state index contributed by atoms with van der Waals surface area (Å²) in [5.74, 6) is 0.611. The Labute approximate surface area is 232 Å². The molecule has 39 heavy (non-hydrogen) atoms. The third-order valence-corrected chi connectivity index (χ3v) is 6.59. The van der Waals surface area contributed by atoms with Crippen molar-refractivity contribution in [2.75, 3.05) is 36.4 Å². The van der Waals surface area contributed by atoms with E-state index in [4.69, 9.17) is 21.4 Å². The molecule has 1 saturated heterocycles. The number of thiocarbonyl (C=S) groups is 1. The average molecular weight is 543 g/mol. The zero-order chi connectivity index (χ0) is 27.4. The standard InChI is InChI=1S/C30H30N4O4S/c1-20(2)37-25-8-5-7-22(18-25)28(35)32-30(39)31-23-10-12-24(13-11-23)33-14-16-34(17-15-33)29(36)27-19-21-6-3-4-9-26(21)38-27/h3-13,18-20H,14-17H2,1-2H3,(H2,31,32,35,39). The number of benzene rings is 3. The van der Waals surface area contributed by atoms with Crippen LogP contribution in [0.3, 0.4) is 0 Å². The Morgan fingerprint density at radius 3 is 2.38 bits per heavy atom. The van der Waals surface area contributed by atoms with Gasteiger partial charge in [0.05, 0.1) is 6.10 Å². The van der Waals surface area contributed by atoms with Crippen LogP contribution < -0.4 is 20.3 Å². The molecule has 9 heteroatoms. The van der Waals surface area contributed by atoms with Gasteiger partial charge in [-0.25, -0.2) is 0 Å². The topological polar surface area (TPSA) is 87.0 Å². The number of hydrogen-bond acceptors (Lipinski definition) is 6. The Morgan fingerprint density at radius 2 is 1.67 bits per heavy atom. The van der Waals surface area contributed by atoms with Gasteiger partial charge in [-0.15, -0.1) is 0 Å². The van der Waals surface area contributed by atoms with Crippen molar-refractivity contribution in [3.05, 3.63) is 90.2 Å². The first kappa shape index (κ1) is 26.2. The number of piperazine rings is 1. The smallest absolute Gasteiger partial charge is 0.289 e. The number of carbonyl (C=O) groups excluding carboxylic acids is 2. The highest BCUT2D eigenvalue weighted by atomic mass is 32.1. The minimum atomic E-state index is -0.312. The minimum Gasteiger partial charge on any atom is -0.491 e. The first-order valence-electron chi connectivity index (χ1n) is 12.9. The van der Waals surface area contributed by atoms with E-state index in [1.54, 1.807) is 24.3 Å². The lowest BCUT2D eigenvalue weighted by molar-refractivity contribution is 0.0717. The second-order valence-corrected chi connectivity index (χ2v) is 9.99. The predicted molar refractivity (Wildman–Crippen MR) is 157 cm³/mol. The molecule has 200 valence electrons. The van der Waals surface area contributed by atoms with E-state index in [0.29, 0.717) is 43.3 Å². The molecular formula is C30H30N4O4S. The molecule has 4 aromatic rings. The van der Waals surface area contributed by atoms with Gasteiger partial charge in [0.15, 0.2) is 10.9 Å². The van der Waals surface area contributed by atoms with E-state index in [0.717, 1.165) is 22.3 Å². The molecular weight excluding hydrogens is 512 g/mol. The van der Waals surface area contributed by atoms with E-state index in [2.05, 4.69) is 15.5 Å². The molecule has 1 aliphatic rings. The number of carbonyl (C=O) groups is 2. The lowest BCUT2D eigenvalue weighted by Crippen LogP contribution is -2.48. The number of para-hydroxylation sites is 1. The first-order valence-corrected chi connectivity index (χ1v) is 13.3. The van der Waals surface area contributed by atoms with E-state index in [-0.39, 0.29) is 23.0 Å². The molecule has 8 nitrogen and oxygen atoms in total. The fourth-order valence-electron chi connectivity index (χ4n) is 4.49. The molecule has 5 rings (SSSR count). The molecule has 0 unspecified atom stereocenters. The molecule has 3 aromatic carbocycles. The molecule has 1 aromatic heterocycles. The van der Waals surface area contributed by atoms with E-state index in [1.165, 1.54) is 0 Å². The fraction of sp³-hybridized carbons (Fsp3) is 0.233. The second kappa shape index (κ2) is 11.6. The van der Waals surface area contributed by atoms with Crippen LogP contribution in [0.1, 0.15) is 34.8 Å². The van der Waals surface area contributed by atoms with E-state index in [1.807, 2.05) is 73.3 Å². The molecule has 1 aliphatic heterocycles. The number of nitrogens with one attached hydrogen (secondary N) is 2. The van der Waals surface area contributed by atoms with Crippen LogP contribution in [-0.2, 0) is 0 Å². The molecule has 2 N–H and O–H groups in total. The monoisotopic (exact) mass is 542 g/mol. The van der Waals surface area contributed by atoms with Gasteiger partial charge in [-0.2, -0.15) is 0 Å². The summed E-state index contributed by atoms with van der Waals surface area (Å²) < 4.78 is 11.4. The maximum absolute atomic E-state index is 12.9. The van der Waals surface area contributed by atoms with Crippen LogP contribution in [0, 0.1) is 0 Å². The summed E-state index contributed by atoms with van der Waals surface area (Å²) in [6.45, 7) is 6.51. The van der Waals surface area contributed by atoms with Crippen molar-refractivity contribution < 1.29 is 18.7 Å². The highest BCUT2D eigenvalue weighted by molar-refractivity contribution is 7.80. The van der Waals surface area contributed by atoms with Gasteiger partial charge in [0.2, 0.25) is 0 Å². The van der Waals surface area contributed by atoms with Gasteiger partial charge in [0.1, 0.15) is 11.3 Å². The highest BCUT2D eigenvalue weighted by Crippen LogP contribution is 2.23. The SMILES string of the molecule is CC(C)Oc1cccc(C(=O)NC(=S)Nc2ccc(N3CCN(C(=O)c4cc5ccccc5o4)CC3)cc2)c1. The summed E-state index contributed by atoms with van der Waals surface area (Å²) in [5, 5.41) is 6.91. The van der Waals surface area contributed by atoms with Crippen molar-refractivity contribution in [1.29, 1.82) is 0 Å². The number of nitrogens with zero attached hydrogens (tertiary/aromatic N) is 2. The summed E-state index contributed by atoms with van der Waals surface area (Å²) in [6.07, 6.45) is 0.0167. The summed E-state index contributed by atoms with van der Waals surface area (Å²) in [6, 6.07) is 24.2. The van der Waals surface area contributed by atoms with Crippen LogP contribution in [0.4, 0.5) is 11.4 Å². The quantitative estimate of drug-likeness (QED) is 0.319. The molecule has 0 spiro atoms. The molecule has 0 atom stereocenters. The van der Waals surface area contributed by atoms with Gasteiger partial charge in [0, 0.05) is 48.5 Å². The summed E-state index contributed by atoms with van der Waals surface area (Å²) in [7, 11) is 0. The highest BCUT2D eigenvalue weighted by Gasteiger charge is 2.24. The summed E-state index contributed by atoms with van der Waals surface area (Å²) in [5.41, 5.74) is 3.00. The Balaban J connectivity index is 1.12. The van der Waals surface area contributed by atoms with Crippen molar-refractivity contribution in [2.24, 2.45) is 0 Å². The number of fused-ring (bicyclic) bond motifs is 1. The maximum Gasteiger partial charge on any atom is 0.289 e. The lowest BCUT2D eigenvalue weighted by atomic mass is 10.2. The fourth-order valence-corrected chi connectivity index (χ4v) is 4.70.